The summed E-state index contributed by atoms with van der Waals surface area (Å²) in [5, 5.41) is 7.70. The summed E-state index contributed by atoms with van der Waals surface area (Å²) < 4.78 is 0. The van der Waals surface area contributed by atoms with Gasteiger partial charge in [0.15, 0.2) is 0 Å². The molecule has 2 rings (SSSR count). The molecule has 1 fully saturated rings. The van der Waals surface area contributed by atoms with E-state index in [2.05, 4.69) is 36.9 Å². The maximum atomic E-state index is 7.70. The minimum atomic E-state index is 0.144. The smallest absolute Gasteiger partial charge is 0.124 e. The lowest BCUT2D eigenvalue weighted by Gasteiger charge is -2.25. The number of nitrogen functional groups attached to an aromatic ring is 1. The van der Waals surface area contributed by atoms with E-state index < -0.39 is 0 Å². The van der Waals surface area contributed by atoms with Crippen molar-refractivity contribution in [3.05, 3.63) is 29.3 Å². The fourth-order valence-electron chi connectivity index (χ4n) is 2.85. The predicted octanol–water partition coefficient (Wildman–Crippen LogP) is 1.67. The van der Waals surface area contributed by atoms with Crippen LogP contribution in [-0.4, -0.2) is 44.5 Å². The number of nitrogens with two attached hydrogens (primary N) is 1. The number of benzene rings is 1. The highest BCUT2D eigenvalue weighted by Gasteiger charge is 2.22. The molecule has 0 bridgehead atoms. The second-order valence-electron chi connectivity index (χ2n) is 5.73. The topological polar surface area (TPSA) is 56.4 Å². The summed E-state index contributed by atoms with van der Waals surface area (Å²) in [5.74, 6) is 0.848. The van der Waals surface area contributed by atoms with Crippen molar-refractivity contribution in [2.24, 2.45) is 11.7 Å². The van der Waals surface area contributed by atoms with Gasteiger partial charge in [0.25, 0.3) is 0 Å². The number of hydrogen-bond donors (Lipinski definition) is 2. The quantitative estimate of drug-likeness (QED) is 0.639. The van der Waals surface area contributed by atoms with Crippen molar-refractivity contribution in [1.29, 1.82) is 5.41 Å². The molecule has 19 heavy (non-hydrogen) atoms. The van der Waals surface area contributed by atoms with Gasteiger partial charge in [0.05, 0.1) is 0 Å². The first-order chi connectivity index (χ1) is 8.97. The highest BCUT2D eigenvalue weighted by atomic mass is 15.2. The van der Waals surface area contributed by atoms with Gasteiger partial charge in [-0.15, -0.1) is 0 Å². The summed E-state index contributed by atoms with van der Waals surface area (Å²) in [4.78, 5) is 4.62. The van der Waals surface area contributed by atoms with Gasteiger partial charge in [-0.3, -0.25) is 5.41 Å². The van der Waals surface area contributed by atoms with Crippen molar-refractivity contribution in [3.63, 3.8) is 0 Å². The average molecular weight is 260 g/mol. The van der Waals surface area contributed by atoms with Crippen molar-refractivity contribution in [3.8, 4) is 0 Å². The summed E-state index contributed by atoms with van der Waals surface area (Å²) in [6.07, 6.45) is 1.25. The summed E-state index contributed by atoms with van der Waals surface area (Å²) in [6.45, 7) is 5.44. The van der Waals surface area contributed by atoms with Gasteiger partial charge in [-0.05, 0) is 50.6 Å². The van der Waals surface area contributed by atoms with Crippen LogP contribution in [0.15, 0.2) is 18.2 Å². The second-order valence-corrected chi connectivity index (χ2v) is 5.73. The molecule has 0 aliphatic carbocycles. The standard InChI is InChI=1S/C15H24N4/c1-11-4-5-13(15(16)17)14(8-11)19(3)10-12-6-7-18(2)9-12/h4-5,8,12H,6-7,9-10H2,1-3H3,(H3,16,17). The van der Waals surface area contributed by atoms with Gasteiger partial charge < -0.3 is 15.5 Å². The molecule has 1 aliphatic heterocycles. The van der Waals surface area contributed by atoms with Gasteiger partial charge in [-0.25, -0.2) is 0 Å². The van der Waals surface area contributed by atoms with Crippen LogP contribution in [0.2, 0.25) is 0 Å². The lowest BCUT2D eigenvalue weighted by molar-refractivity contribution is 0.396. The Morgan fingerprint density at radius 2 is 2.26 bits per heavy atom. The van der Waals surface area contributed by atoms with Gasteiger partial charge in [0.2, 0.25) is 0 Å². The Hall–Kier alpha value is -1.55. The Balaban J connectivity index is 2.15. The van der Waals surface area contributed by atoms with Crippen molar-refractivity contribution in [1.82, 2.24) is 4.90 Å². The van der Waals surface area contributed by atoms with Crippen LogP contribution >= 0.6 is 0 Å². The first-order valence-electron chi connectivity index (χ1n) is 6.82. The molecular weight excluding hydrogens is 236 g/mol. The molecule has 1 saturated heterocycles. The normalized spacial score (nSPS) is 19.6. The number of likely N-dealkylation sites (tertiary alicyclic amines) is 1. The van der Waals surface area contributed by atoms with Gasteiger partial charge in [0, 0.05) is 31.4 Å². The lowest BCUT2D eigenvalue weighted by Crippen LogP contribution is -2.29. The Morgan fingerprint density at radius 1 is 1.53 bits per heavy atom. The molecule has 0 saturated carbocycles. The van der Waals surface area contributed by atoms with E-state index in [1.807, 2.05) is 12.1 Å². The van der Waals surface area contributed by atoms with E-state index in [-0.39, 0.29) is 5.84 Å². The number of nitrogens with one attached hydrogen (secondary N) is 1. The Morgan fingerprint density at radius 3 is 2.84 bits per heavy atom. The van der Waals surface area contributed by atoms with E-state index in [1.165, 1.54) is 18.5 Å². The molecule has 1 unspecified atom stereocenters. The molecule has 0 aromatic heterocycles. The number of aryl methyl sites for hydroxylation is 1. The molecule has 1 atom stereocenters. The monoisotopic (exact) mass is 260 g/mol. The SMILES string of the molecule is Cc1ccc(C(=N)N)c(N(C)CC2CCN(C)C2)c1. The van der Waals surface area contributed by atoms with Crippen molar-refractivity contribution in [2.45, 2.75) is 13.3 Å². The number of rotatable bonds is 4. The molecule has 0 radical (unpaired) electrons. The molecule has 0 spiro atoms. The van der Waals surface area contributed by atoms with E-state index in [0.717, 1.165) is 24.3 Å². The molecule has 1 aromatic rings. The van der Waals surface area contributed by atoms with Crippen LogP contribution in [-0.2, 0) is 0 Å². The Kier molecular flexibility index (Phi) is 4.10. The third-order valence-corrected chi connectivity index (χ3v) is 3.88. The zero-order valence-corrected chi connectivity index (χ0v) is 12.1. The number of nitrogens with zero attached hydrogens (tertiary/aromatic N) is 2. The third-order valence-electron chi connectivity index (χ3n) is 3.88. The van der Waals surface area contributed by atoms with E-state index in [4.69, 9.17) is 11.1 Å². The molecule has 1 heterocycles. The van der Waals surface area contributed by atoms with Gasteiger partial charge in [-0.2, -0.15) is 0 Å². The fraction of sp³-hybridized carbons (Fsp3) is 0.533. The number of hydrogen-bond acceptors (Lipinski definition) is 3. The van der Waals surface area contributed by atoms with E-state index in [1.54, 1.807) is 0 Å². The van der Waals surface area contributed by atoms with Crippen LogP contribution in [0.1, 0.15) is 17.5 Å². The first-order valence-corrected chi connectivity index (χ1v) is 6.82. The van der Waals surface area contributed by atoms with Crippen LogP contribution in [0, 0.1) is 18.3 Å². The predicted molar refractivity (Wildman–Crippen MR) is 81.1 cm³/mol. The van der Waals surface area contributed by atoms with Gasteiger partial charge in [-0.1, -0.05) is 6.07 Å². The molecule has 0 amide bonds. The third kappa shape index (κ3) is 3.26. The van der Waals surface area contributed by atoms with E-state index in [0.29, 0.717) is 5.92 Å². The highest BCUT2D eigenvalue weighted by molar-refractivity contribution is 6.00. The summed E-state index contributed by atoms with van der Waals surface area (Å²) in [6, 6.07) is 6.08. The first kappa shape index (κ1) is 13.9. The molecule has 1 aliphatic rings. The zero-order chi connectivity index (χ0) is 14.0. The van der Waals surface area contributed by atoms with Crippen molar-refractivity contribution >= 4 is 11.5 Å². The molecule has 3 N–H and O–H groups in total. The molecule has 4 nitrogen and oxygen atoms in total. The molecule has 104 valence electrons. The van der Waals surface area contributed by atoms with Crippen LogP contribution in [0.5, 0.6) is 0 Å². The average Bonchev–Trinajstić information content (AvgIpc) is 2.74. The van der Waals surface area contributed by atoms with E-state index >= 15 is 0 Å². The Labute approximate surface area is 115 Å². The van der Waals surface area contributed by atoms with Crippen molar-refractivity contribution < 1.29 is 0 Å². The minimum absolute atomic E-state index is 0.144. The van der Waals surface area contributed by atoms with E-state index in [9.17, 15) is 0 Å². The second kappa shape index (κ2) is 5.61. The zero-order valence-electron chi connectivity index (χ0n) is 12.1. The Bertz CT molecular complexity index is 469. The molecule has 4 heteroatoms. The summed E-state index contributed by atoms with van der Waals surface area (Å²) >= 11 is 0. The lowest BCUT2D eigenvalue weighted by atomic mass is 10.1. The molecule has 1 aromatic carbocycles. The van der Waals surface area contributed by atoms with Crippen LogP contribution < -0.4 is 10.6 Å². The highest BCUT2D eigenvalue weighted by Crippen LogP contribution is 2.24. The fourth-order valence-corrected chi connectivity index (χ4v) is 2.85. The largest absolute Gasteiger partial charge is 0.384 e. The van der Waals surface area contributed by atoms with Gasteiger partial charge in [0.1, 0.15) is 5.84 Å². The maximum Gasteiger partial charge on any atom is 0.124 e. The molecular formula is C15H24N4. The van der Waals surface area contributed by atoms with Crippen LogP contribution in [0.3, 0.4) is 0 Å². The van der Waals surface area contributed by atoms with Crippen LogP contribution in [0.25, 0.3) is 0 Å². The summed E-state index contributed by atoms with van der Waals surface area (Å²) in [7, 11) is 4.27. The minimum Gasteiger partial charge on any atom is -0.384 e. The van der Waals surface area contributed by atoms with Gasteiger partial charge >= 0.3 is 0 Å². The number of anilines is 1. The number of amidine groups is 1. The maximum absolute atomic E-state index is 7.70. The summed E-state index contributed by atoms with van der Waals surface area (Å²) in [5.41, 5.74) is 8.79. The van der Waals surface area contributed by atoms with Crippen molar-refractivity contribution in [2.75, 3.05) is 38.6 Å². The van der Waals surface area contributed by atoms with Crippen LogP contribution in [0.4, 0.5) is 5.69 Å².